The van der Waals surface area contributed by atoms with Crippen molar-refractivity contribution in [3.05, 3.63) is 58.1 Å². The second-order valence-corrected chi connectivity index (χ2v) is 8.13. The van der Waals surface area contributed by atoms with Crippen LogP contribution in [0, 0.1) is 13.8 Å². The third-order valence-corrected chi connectivity index (χ3v) is 5.47. The van der Waals surface area contributed by atoms with Gasteiger partial charge in [-0.25, -0.2) is 4.98 Å². The Labute approximate surface area is 163 Å². The Bertz CT molecular complexity index is 951. The SMILES string of the molecule is Cc1ccc(C(=O)N(CCN(C)C)c2nc3ccc(Cl)cc3s2)c(C)c1. The monoisotopic (exact) mass is 387 g/mol. The average molecular weight is 388 g/mol. The Hall–Kier alpha value is -1.95. The van der Waals surface area contributed by atoms with Crippen molar-refractivity contribution in [3.8, 4) is 0 Å². The number of fused-ring (bicyclic) bond motifs is 1. The maximum Gasteiger partial charge on any atom is 0.260 e. The number of carbonyl (C=O) groups is 1. The molecule has 0 aliphatic carbocycles. The number of likely N-dealkylation sites (N-methyl/N-ethyl adjacent to an activating group) is 1. The highest BCUT2D eigenvalue weighted by molar-refractivity contribution is 7.22. The van der Waals surface area contributed by atoms with Crippen LogP contribution in [0.5, 0.6) is 0 Å². The van der Waals surface area contributed by atoms with Crippen molar-refractivity contribution in [2.45, 2.75) is 13.8 Å². The summed E-state index contributed by atoms with van der Waals surface area (Å²) in [5.41, 5.74) is 3.70. The van der Waals surface area contributed by atoms with Crippen LogP contribution in [0.15, 0.2) is 36.4 Å². The third-order valence-electron chi connectivity index (χ3n) is 4.20. The van der Waals surface area contributed by atoms with Gasteiger partial charge in [-0.3, -0.25) is 9.69 Å². The van der Waals surface area contributed by atoms with Gasteiger partial charge in [-0.05, 0) is 57.8 Å². The fourth-order valence-corrected chi connectivity index (χ4v) is 4.05. The van der Waals surface area contributed by atoms with Gasteiger partial charge in [0.15, 0.2) is 5.13 Å². The molecular weight excluding hydrogens is 366 g/mol. The lowest BCUT2D eigenvalue weighted by molar-refractivity contribution is 0.0984. The first-order valence-electron chi connectivity index (χ1n) is 8.45. The summed E-state index contributed by atoms with van der Waals surface area (Å²) in [5.74, 6) is -0.0190. The summed E-state index contributed by atoms with van der Waals surface area (Å²) in [6.07, 6.45) is 0. The third kappa shape index (κ3) is 4.06. The number of hydrogen-bond donors (Lipinski definition) is 0. The molecule has 0 atom stereocenters. The molecule has 6 heteroatoms. The minimum atomic E-state index is -0.0190. The number of anilines is 1. The van der Waals surface area contributed by atoms with E-state index >= 15 is 0 Å². The number of carbonyl (C=O) groups excluding carboxylic acids is 1. The highest BCUT2D eigenvalue weighted by Gasteiger charge is 2.22. The van der Waals surface area contributed by atoms with Crippen molar-refractivity contribution < 1.29 is 4.79 Å². The molecule has 0 spiro atoms. The lowest BCUT2D eigenvalue weighted by Gasteiger charge is -2.22. The number of nitrogens with zero attached hydrogens (tertiary/aromatic N) is 3. The highest BCUT2D eigenvalue weighted by Crippen LogP contribution is 2.31. The Morgan fingerprint density at radius 2 is 1.88 bits per heavy atom. The van der Waals surface area contributed by atoms with Crippen molar-refractivity contribution in [2.75, 3.05) is 32.1 Å². The van der Waals surface area contributed by atoms with E-state index in [4.69, 9.17) is 11.6 Å². The van der Waals surface area contributed by atoms with Crippen molar-refractivity contribution in [1.29, 1.82) is 0 Å². The summed E-state index contributed by atoms with van der Waals surface area (Å²) >= 11 is 7.59. The van der Waals surface area contributed by atoms with E-state index in [1.807, 2.05) is 64.3 Å². The molecule has 0 saturated carbocycles. The molecule has 136 valence electrons. The van der Waals surface area contributed by atoms with E-state index in [9.17, 15) is 4.79 Å². The van der Waals surface area contributed by atoms with Gasteiger partial charge in [-0.15, -0.1) is 0 Å². The zero-order chi connectivity index (χ0) is 18.8. The lowest BCUT2D eigenvalue weighted by atomic mass is 10.0. The van der Waals surface area contributed by atoms with Crippen LogP contribution in [0.3, 0.4) is 0 Å². The molecule has 1 heterocycles. The second-order valence-electron chi connectivity index (χ2n) is 6.69. The summed E-state index contributed by atoms with van der Waals surface area (Å²) < 4.78 is 0.982. The topological polar surface area (TPSA) is 36.4 Å². The number of rotatable bonds is 5. The van der Waals surface area contributed by atoms with E-state index in [2.05, 4.69) is 9.88 Å². The van der Waals surface area contributed by atoms with Crippen LogP contribution in [0.1, 0.15) is 21.5 Å². The molecule has 0 saturated heterocycles. The normalized spacial score (nSPS) is 11.3. The molecule has 3 aromatic rings. The number of hydrogen-bond acceptors (Lipinski definition) is 4. The summed E-state index contributed by atoms with van der Waals surface area (Å²) in [5, 5.41) is 1.38. The van der Waals surface area contributed by atoms with E-state index in [1.165, 1.54) is 11.3 Å². The zero-order valence-electron chi connectivity index (χ0n) is 15.4. The summed E-state index contributed by atoms with van der Waals surface area (Å²) in [7, 11) is 4.00. The fourth-order valence-electron chi connectivity index (χ4n) is 2.78. The van der Waals surface area contributed by atoms with Crippen LogP contribution in [0.2, 0.25) is 5.02 Å². The first-order valence-corrected chi connectivity index (χ1v) is 9.64. The van der Waals surface area contributed by atoms with Gasteiger partial charge in [0.05, 0.1) is 10.2 Å². The van der Waals surface area contributed by atoms with Crippen molar-refractivity contribution in [2.24, 2.45) is 0 Å². The van der Waals surface area contributed by atoms with Crippen LogP contribution in [-0.2, 0) is 0 Å². The molecule has 0 fully saturated rings. The molecule has 0 N–H and O–H groups in total. The van der Waals surface area contributed by atoms with Crippen molar-refractivity contribution in [3.63, 3.8) is 0 Å². The zero-order valence-corrected chi connectivity index (χ0v) is 17.0. The summed E-state index contributed by atoms with van der Waals surface area (Å²) in [6, 6.07) is 11.5. The quantitative estimate of drug-likeness (QED) is 0.632. The highest BCUT2D eigenvalue weighted by atomic mass is 35.5. The number of benzene rings is 2. The van der Waals surface area contributed by atoms with Crippen LogP contribution < -0.4 is 4.90 Å². The molecule has 3 rings (SSSR count). The standard InChI is InChI=1S/C20H22ClN3OS/c1-13-5-7-16(14(2)11-13)19(25)24(10-9-23(3)4)20-22-17-8-6-15(21)12-18(17)26-20/h5-8,11-12H,9-10H2,1-4H3. The number of aryl methyl sites for hydroxylation is 2. The van der Waals surface area contributed by atoms with Gasteiger partial charge in [-0.1, -0.05) is 40.6 Å². The molecule has 1 aromatic heterocycles. The van der Waals surface area contributed by atoms with Gasteiger partial charge in [-0.2, -0.15) is 0 Å². The van der Waals surface area contributed by atoms with E-state index in [0.29, 0.717) is 22.3 Å². The molecule has 0 aliphatic heterocycles. The first-order chi connectivity index (χ1) is 12.3. The number of thiazole rings is 1. The van der Waals surface area contributed by atoms with Crippen molar-refractivity contribution >= 4 is 44.2 Å². The molecule has 1 amide bonds. The average Bonchev–Trinajstić information content (AvgIpc) is 2.97. The maximum atomic E-state index is 13.3. The van der Waals surface area contributed by atoms with Crippen LogP contribution in [0.25, 0.3) is 10.2 Å². The molecule has 4 nitrogen and oxygen atoms in total. The van der Waals surface area contributed by atoms with E-state index in [1.54, 1.807) is 4.90 Å². The Morgan fingerprint density at radius 1 is 1.12 bits per heavy atom. The Balaban J connectivity index is 2.01. The van der Waals surface area contributed by atoms with Crippen LogP contribution >= 0.6 is 22.9 Å². The smallest absolute Gasteiger partial charge is 0.260 e. The fraction of sp³-hybridized carbons (Fsp3) is 0.300. The number of aromatic nitrogens is 1. The van der Waals surface area contributed by atoms with Gasteiger partial charge in [0.25, 0.3) is 5.91 Å². The van der Waals surface area contributed by atoms with E-state index < -0.39 is 0 Å². The van der Waals surface area contributed by atoms with Crippen LogP contribution in [-0.4, -0.2) is 43.0 Å². The summed E-state index contributed by atoms with van der Waals surface area (Å²) in [4.78, 5) is 21.8. The minimum absolute atomic E-state index is 0.0190. The number of amides is 1. The van der Waals surface area contributed by atoms with Gasteiger partial charge < -0.3 is 4.90 Å². The van der Waals surface area contributed by atoms with Gasteiger partial charge in [0.1, 0.15) is 0 Å². The van der Waals surface area contributed by atoms with Crippen molar-refractivity contribution in [1.82, 2.24) is 9.88 Å². The predicted octanol–water partition coefficient (Wildman–Crippen LogP) is 4.77. The molecule has 0 radical (unpaired) electrons. The van der Waals surface area contributed by atoms with E-state index in [-0.39, 0.29) is 5.91 Å². The second kappa shape index (κ2) is 7.74. The summed E-state index contributed by atoms with van der Waals surface area (Å²) in [6.45, 7) is 5.34. The molecule has 0 bridgehead atoms. The Kier molecular flexibility index (Phi) is 5.61. The lowest BCUT2D eigenvalue weighted by Crippen LogP contribution is -2.37. The molecule has 2 aromatic carbocycles. The molecule has 0 unspecified atom stereocenters. The van der Waals surface area contributed by atoms with E-state index in [0.717, 1.165) is 27.9 Å². The maximum absolute atomic E-state index is 13.3. The largest absolute Gasteiger partial charge is 0.308 e. The Morgan fingerprint density at radius 3 is 2.58 bits per heavy atom. The van der Waals surface area contributed by atoms with Gasteiger partial charge in [0.2, 0.25) is 0 Å². The van der Waals surface area contributed by atoms with Gasteiger partial charge in [0, 0.05) is 23.7 Å². The number of halogens is 1. The minimum Gasteiger partial charge on any atom is -0.308 e. The predicted molar refractivity (Wildman–Crippen MR) is 111 cm³/mol. The van der Waals surface area contributed by atoms with Gasteiger partial charge >= 0.3 is 0 Å². The molecule has 26 heavy (non-hydrogen) atoms. The first kappa shape index (κ1) is 18.8. The van der Waals surface area contributed by atoms with Crippen LogP contribution in [0.4, 0.5) is 5.13 Å². The molecular formula is C20H22ClN3OS. The molecule has 0 aliphatic rings.